The van der Waals surface area contributed by atoms with Crippen LogP contribution in [0.4, 0.5) is 5.69 Å². The average molecular weight is 258 g/mol. The molecule has 0 aliphatic carbocycles. The van der Waals surface area contributed by atoms with Crippen molar-refractivity contribution in [2.45, 2.75) is 20.3 Å². The molecule has 1 aromatic rings. The standard InChI is InChI=1S/C13H20ClNS/c1-3-11(2)10-16-9-8-15-13-7-5-4-6-12(13)14/h4-7,11,15H,3,8-10H2,1-2H3. The number of hydrogen-bond acceptors (Lipinski definition) is 2. The van der Waals surface area contributed by atoms with Crippen molar-refractivity contribution in [1.82, 2.24) is 0 Å². The second kappa shape index (κ2) is 7.86. The highest BCUT2D eigenvalue weighted by Gasteiger charge is 1.99. The van der Waals surface area contributed by atoms with Crippen LogP contribution in [0.25, 0.3) is 0 Å². The molecule has 0 bridgehead atoms. The fourth-order valence-corrected chi connectivity index (χ4v) is 2.52. The van der Waals surface area contributed by atoms with Crippen molar-refractivity contribution >= 4 is 29.1 Å². The van der Waals surface area contributed by atoms with Gasteiger partial charge in [-0.05, 0) is 23.8 Å². The Labute approximate surface area is 108 Å². The highest BCUT2D eigenvalue weighted by molar-refractivity contribution is 7.99. The minimum Gasteiger partial charge on any atom is -0.383 e. The molecule has 3 heteroatoms. The molecular formula is C13H20ClNS. The number of halogens is 1. The third-order valence-corrected chi connectivity index (χ3v) is 4.16. The molecular weight excluding hydrogens is 238 g/mol. The van der Waals surface area contributed by atoms with Crippen LogP contribution in [0.15, 0.2) is 24.3 Å². The second-order valence-corrected chi connectivity index (χ2v) is 5.55. The van der Waals surface area contributed by atoms with Crippen LogP contribution in [-0.2, 0) is 0 Å². The van der Waals surface area contributed by atoms with Crippen molar-refractivity contribution < 1.29 is 0 Å². The molecule has 0 saturated carbocycles. The lowest BCUT2D eigenvalue weighted by molar-refractivity contribution is 0.637. The Morgan fingerprint density at radius 3 is 2.81 bits per heavy atom. The summed E-state index contributed by atoms with van der Waals surface area (Å²) in [7, 11) is 0. The first-order valence-corrected chi connectivity index (χ1v) is 7.33. The topological polar surface area (TPSA) is 12.0 Å². The van der Waals surface area contributed by atoms with E-state index in [1.54, 1.807) is 0 Å². The van der Waals surface area contributed by atoms with Gasteiger partial charge >= 0.3 is 0 Å². The van der Waals surface area contributed by atoms with Crippen molar-refractivity contribution in [2.75, 3.05) is 23.4 Å². The van der Waals surface area contributed by atoms with Crippen LogP contribution in [0, 0.1) is 5.92 Å². The number of rotatable bonds is 7. The van der Waals surface area contributed by atoms with Crippen LogP contribution in [0.2, 0.25) is 5.02 Å². The number of anilines is 1. The number of para-hydroxylation sites is 1. The SMILES string of the molecule is CCC(C)CSCCNc1ccccc1Cl. The Hall–Kier alpha value is -0.340. The summed E-state index contributed by atoms with van der Waals surface area (Å²) >= 11 is 8.05. The first kappa shape index (κ1) is 13.7. The summed E-state index contributed by atoms with van der Waals surface area (Å²) in [4.78, 5) is 0. The van der Waals surface area contributed by atoms with E-state index in [0.29, 0.717) is 0 Å². The predicted molar refractivity (Wildman–Crippen MR) is 76.7 cm³/mol. The van der Waals surface area contributed by atoms with Gasteiger partial charge < -0.3 is 5.32 Å². The van der Waals surface area contributed by atoms with Crippen molar-refractivity contribution in [2.24, 2.45) is 5.92 Å². The maximum absolute atomic E-state index is 6.04. The van der Waals surface area contributed by atoms with Gasteiger partial charge in [0.25, 0.3) is 0 Å². The quantitative estimate of drug-likeness (QED) is 0.721. The van der Waals surface area contributed by atoms with Gasteiger partial charge in [-0.2, -0.15) is 11.8 Å². The Kier molecular flexibility index (Phi) is 6.74. The van der Waals surface area contributed by atoms with E-state index in [4.69, 9.17) is 11.6 Å². The van der Waals surface area contributed by atoms with Crippen molar-refractivity contribution in [3.05, 3.63) is 29.3 Å². The Bertz CT molecular complexity index is 304. The van der Waals surface area contributed by atoms with Crippen molar-refractivity contribution in [3.63, 3.8) is 0 Å². The normalized spacial score (nSPS) is 12.4. The van der Waals surface area contributed by atoms with Gasteiger partial charge in [-0.25, -0.2) is 0 Å². The average Bonchev–Trinajstić information content (AvgIpc) is 2.30. The predicted octanol–water partition coefficient (Wildman–Crippen LogP) is 4.53. The maximum Gasteiger partial charge on any atom is 0.0637 e. The van der Waals surface area contributed by atoms with Crippen LogP contribution >= 0.6 is 23.4 Å². The lowest BCUT2D eigenvalue weighted by Gasteiger charge is -2.10. The molecule has 0 aromatic heterocycles. The summed E-state index contributed by atoms with van der Waals surface area (Å²) in [5.41, 5.74) is 1.04. The van der Waals surface area contributed by atoms with Crippen LogP contribution in [0.5, 0.6) is 0 Å². The van der Waals surface area contributed by atoms with Gasteiger partial charge in [0.1, 0.15) is 0 Å². The van der Waals surface area contributed by atoms with E-state index >= 15 is 0 Å². The van der Waals surface area contributed by atoms with E-state index in [2.05, 4.69) is 19.2 Å². The smallest absolute Gasteiger partial charge is 0.0637 e. The molecule has 0 spiro atoms. The van der Waals surface area contributed by atoms with E-state index in [-0.39, 0.29) is 0 Å². The van der Waals surface area contributed by atoms with Crippen LogP contribution < -0.4 is 5.32 Å². The number of benzene rings is 1. The van der Waals surface area contributed by atoms with Gasteiger partial charge in [0.05, 0.1) is 10.7 Å². The minimum absolute atomic E-state index is 0.800. The molecule has 0 amide bonds. The van der Waals surface area contributed by atoms with E-state index in [1.807, 2.05) is 36.0 Å². The van der Waals surface area contributed by atoms with Crippen molar-refractivity contribution in [1.29, 1.82) is 0 Å². The van der Waals surface area contributed by atoms with Crippen LogP contribution in [0.1, 0.15) is 20.3 Å². The molecule has 1 unspecified atom stereocenters. The molecule has 0 heterocycles. The molecule has 0 fully saturated rings. The highest BCUT2D eigenvalue weighted by Crippen LogP contribution is 2.20. The lowest BCUT2D eigenvalue weighted by Crippen LogP contribution is -2.06. The zero-order chi connectivity index (χ0) is 11.8. The molecule has 1 atom stereocenters. The van der Waals surface area contributed by atoms with Gasteiger partial charge in [0, 0.05) is 12.3 Å². The van der Waals surface area contributed by atoms with E-state index in [9.17, 15) is 0 Å². The number of nitrogens with one attached hydrogen (secondary N) is 1. The Balaban J connectivity index is 2.14. The molecule has 1 aromatic carbocycles. The molecule has 0 aliphatic rings. The Morgan fingerprint density at radius 1 is 1.38 bits per heavy atom. The summed E-state index contributed by atoms with van der Waals surface area (Å²) in [6, 6.07) is 7.88. The highest BCUT2D eigenvalue weighted by atomic mass is 35.5. The fraction of sp³-hybridized carbons (Fsp3) is 0.538. The van der Waals surface area contributed by atoms with Gasteiger partial charge in [0.15, 0.2) is 0 Å². The molecule has 1 nitrogen and oxygen atoms in total. The molecule has 1 rings (SSSR count). The van der Waals surface area contributed by atoms with Gasteiger partial charge in [-0.3, -0.25) is 0 Å². The summed E-state index contributed by atoms with van der Waals surface area (Å²) in [5.74, 6) is 3.21. The minimum atomic E-state index is 0.800. The first-order valence-electron chi connectivity index (χ1n) is 5.80. The molecule has 90 valence electrons. The molecule has 16 heavy (non-hydrogen) atoms. The summed E-state index contributed by atoms with van der Waals surface area (Å²) in [5, 5.41) is 4.15. The molecule has 0 radical (unpaired) electrons. The zero-order valence-electron chi connectivity index (χ0n) is 10.0. The van der Waals surface area contributed by atoms with Gasteiger partial charge in [-0.15, -0.1) is 0 Å². The number of hydrogen-bond donors (Lipinski definition) is 1. The summed E-state index contributed by atoms with van der Waals surface area (Å²) < 4.78 is 0. The third-order valence-electron chi connectivity index (χ3n) is 2.53. The zero-order valence-corrected chi connectivity index (χ0v) is 11.6. The maximum atomic E-state index is 6.04. The summed E-state index contributed by atoms with van der Waals surface area (Å²) in [6.45, 7) is 5.52. The Morgan fingerprint density at radius 2 is 2.12 bits per heavy atom. The van der Waals surface area contributed by atoms with E-state index in [0.717, 1.165) is 28.9 Å². The van der Waals surface area contributed by atoms with Crippen LogP contribution in [-0.4, -0.2) is 18.1 Å². The van der Waals surface area contributed by atoms with Gasteiger partial charge in [0.2, 0.25) is 0 Å². The summed E-state index contributed by atoms with van der Waals surface area (Å²) in [6.07, 6.45) is 1.27. The largest absolute Gasteiger partial charge is 0.383 e. The fourth-order valence-electron chi connectivity index (χ4n) is 1.26. The van der Waals surface area contributed by atoms with E-state index < -0.39 is 0 Å². The van der Waals surface area contributed by atoms with Crippen LogP contribution in [0.3, 0.4) is 0 Å². The molecule has 0 aliphatic heterocycles. The lowest BCUT2D eigenvalue weighted by atomic mass is 10.2. The monoisotopic (exact) mass is 257 g/mol. The second-order valence-electron chi connectivity index (χ2n) is 3.99. The molecule has 1 N–H and O–H groups in total. The molecule has 0 saturated heterocycles. The first-order chi connectivity index (χ1) is 7.74. The third kappa shape index (κ3) is 5.13. The number of thioether (sulfide) groups is 1. The van der Waals surface area contributed by atoms with Crippen molar-refractivity contribution in [3.8, 4) is 0 Å². The van der Waals surface area contributed by atoms with Gasteiger partial charge in [-0.1, -0.05) is 44.0 Å². The van der Waals surface area contributed by atoms with E-state index in [1.165, 1.54) is 12.2 Å².